The molecule has 0 aliphatic heterocycles. The third-order valence-corrected chi connectivity index (χ3v) is 11.5. The van der Waals surface area contributed by atoms with Crippen LogP contribution in [-0.4, -0.2) is 81.4 Å². The molecule has 8 rings (SSSR count). The van der Waals surface area contributed by atoms with Crippen LogP contribution in [0, 0.1) is 31.3 Å². The molecule has 0 aliphatic rings. The Morgan fingerprint density at radius 2 is 1.14 bits per heavy atom. The molecule has 0 saturated carbocycles. The number of rotatable bonds is 19. The zero-order valence-corrected chi connectivity index (χ0v) is 38.8. The van der Waals surface area contributed by atoms with E-state index < -0.39 is 29.4 Å². The van der Waals surface area contributed by atoms with Crippen LogP contribution in [0.2, 0.25) is 0 Å². The summed E-state index contributed by atoms with van der Waals surface area (Å²) >= 11 is 0. The van der Waals surface area contributed by atoms with Crippen LogP contribution in [0.4, 0.5) is 13.2 Å². The summed E-state index contributed by atoms with van der Waals surface area (Å²) in [6.45, 7) is 3.62. The van der Waals surface area contributed by atoms with Crippen LogP contribution in [0.3, 0.4) is 0 Å². The molecule has 0 saturated heterocycles. The summed E-state index contributed by atoms with van der Waals surface area (Å²) in [6, 6.07) is 33.8. The van der Waals surface area contributed by atoms with Crippen molar-refractivity contribution in [3.05, 3.63) is 166 Å². The Morgan fingerprint density at radius 3 is 1.71 bits per heavy atom. The molecule has 358 valence electrons. The van der Waals surface area contributed by atoms with E-state index in [0.717, 1.165) is 38.9 Å². The van der Waals surface area contributed by atoms with E-state index in [-0.39, 0.29) is 72.9 Å². The Labute approximate surface area is 400 Å². The number of carboxylic acid groups (broad SMARTS) is 1. The fraction of sp³-hybridized carbons (Fsp3) is 0.208. The van der Waals surface area contributed by atoms with Crippen LogP contribution in [0.25, 0.3) is 67.9 Å². The van der Waals surface area contributed by atoms with Crippen LogP contribution < -0.4 is 0 Å². The van der Waals surface area contributed by atoms with Gasteiger partial charge < -0.3 is 18.9 Å². The number of aryl methyl sites for hydroxylation is 2. The van der Waals surface area contributed by atoms with Gasteiger partial charge in [-0.05, 0) is 120 Å². The molecule has 0 spiro atoms. The summed E-state index contributed by atoms with van der Waals surface area (Å²) in [7, 11) is 4.76. The van der Waals surface area contributed by atoms with E-state index in [1.165, 1.54) is 29.2 Å². The molecule has 8 aromatic rings. The molecule has 0 bridgehead atoms. The summed E-state index contributed by atoms with van der Waals surface area (Å²) in [5, 5.41) is 17.0. The zero-order valence-electron chi connectivity index (χ0n) is 38.8. The number of benzene rings is 6. The predicted molar refractivity (Wildman–Crippen MR) is 252 cm³/mol. The van der Waals surface area contributed by atoms with Crippen LogP contribution in [0.15, 0.2) is 124 Å². The summed E-state index contributed by atoms with van der Waals surface area (Å²) < 4.78 is 63.0. The van der Waals surface area contributed by atoms with E-state index in [1.807, 2.05) is 86.6 Å². The smallest absolute Gasteiger partial charge is 0.356 e. The first-order valence-corrected chi connectivity index (χ1v) is 22.0. The lowest BCUT2D eigenvalue weighted by atomic mass is 9.94. The number of hydrogen-bond donors (Lipinski definition) is 1. The maximum Gasteiger partial charge on any atom is 0.356 e. The number of aromatic nitrogens is 4. The van der Waals surface area contributed by atoms with Crippen LogP contribution in [0.1, 0.15) is 33.4 Å². The van der Waals surface area contributed by atoms with Crippen molar-refractivity contribution in [1.82, 2.24) is 30.1 Å². The van der Waals surface area contributed by atoms with Gasteiger partial charge >= 0.3 is 11.9 Å². The second-order valence-corrected chi connectivity index (χ2v) is 16.8. The Morgan fingerprint density at radius 1 is 0.600 bits per heavy atom. The largest absolute Gasteiger partial charge is 0.480 e. The fourth-order valence-electron chi connectivity index (χ4n) is 8.10. The molecule has 0 aliphatic carbocycles. The minimum Gasteiger partial charge on any atom is -0.480 e. The van der Waals surface area contributed by atoms with Gasteiger partial charge in [0.25, 0.3) is 11.8 Å². The maximum atomic E-state index is 15.6. The lowest BCUT2D eigenvalue weighted by Crippen LogP contribution is -2.27. The molecule has 0 amide bonds. The first-order valence-electron chi connectivity index (χ1n) is 22.0. The lowest BCUT2D eigenvalue weighted by Gasteiger charge is -2.17. The predicted octanol–water partition coefficient (Wildman–Crippen LogP) is 10.3. The molecule has 0 radical (unpaired) electrons. The number of methoxy groups -OCH3 is 1. The summed E-state index contributed by atoms with van der Waals surface area (Å²) in [4.78, 5) is 46.5. The van der Waals surface area contributed by atoms with E-state index in [0.29, 0.717) is 28.9 Å². The third-order valence-electron chi connectivity index (χ3n) is 11.5. The Hall–Kier alpha value is -7.83. The first kappa shape index (κ1) is 48.6. The molecule has 6 aromatic carbocycles. The van der Waals surface area contributed by atoms with Gasteiger partial charge in [-0.25, -0.2) is 18.0 Å². The van der Waals surface area contributed by atoms with Crippen molar-refractivity contribution in [3.63, 3.8) is 0 Å². The van der Waals surface area contributed by atoms with Gasteiger partial charge in [0.15, 0.2) is 11.6 Å². The van der Waals surface area contributed by atoms with Crippen molar-refractivity contribution < 1.29 is 51.4 Å². The van der Waals surface area contributed by atoms with Crippen molar-refractivity contribution in [2.24, 2.45) is 0 Å². The highest BCUT2D eigenvalue weighted by Gasteiger charge is 2.23. The van der Waals surface area contributed by atoms with E-state index in [4.69, 9.17) is 28.7 Å². The van der Waals surface area contributed by atoms with Crippen molar-refractivity contribution in [2.75, 3.05) is 34.3 Å². The molecule has 0 atom stereocenters. The van der Waals surface area contributed by atoms with Crippen LogP contribution >= 0.6 is 0 Å². The van der Waals surface area contributed by atoms with Crippen molar-refractivity contribution in [3.8, 4) is 67.9 Å². The summed E-state index contributed by atoms with van der Waals surface area (Å²) in [5.74, 6) is -4.64. The number of nitrogens with zero attached hydrogens (tertiary/aromatic N) is 6. The number of carboxylic acids is 1. The van der Waals surface area contributed by atoms with Crippen LogP contribution in [-0.2, 0) is 50.4 Å². The highest BCUT2D eigenvalue weighted by molar-refractivity contribution is 5.76. The number of hydrogen-bond acceptors (Lipinski definition) is 13. The second-order valence-electron chi connectivity index (χ2n) is 16.8. The van der Waals surface area contributed by atoms with Gasteiger partial charge in [-0.15, -0.1) is 0 Å². The number of aliphatic carboxylic acids is 1. The molecule has 70 heavy (non-hydrogen) atoms. The molecular weight excluding hydrogens is 906 g/mol. The Kier molecular flexibility index (Phi) is 15.0. The molecular formula is C53H47F3N6O8. The number of carbonyl (C=O) groups excluding carboxylic acids is 1. The highest BCUT2D eigenvalue weighted by Crippen LogP contribution is 2.35. The van der Waals surface area contributed by atoms with Crippen molar-refractivity contribution >= 4 is 11.9 Å². The van der Waals surface area contributed by atoms with Crippen LogP contribution in [0.5, 0.6) is 0 Å². The second kappa shape index (κ2) is 21.6. The molecule has 1 N–H and O–H groups in total. The summed E-state index contributed by atoms with van der Waals surface area (Å²) in [5.41, 5.74) is 8.72. The third kappa shape index (κ3) is 11.2. The minimum absolute atomic E-state index is 0.00480. The number of likely N-dealkylation sites (N-methyl/N-ethyl adjacent to an activating group) is 2. The fourth-order valence-corrected chi connectivity index (χ4v) is 8.10. The van der Waals surface area contributed by atoms with E-state index in [2.05, 4.69) is 20.3 Å². The van der Waals surface area contributed by atoms with Gasteiger partial charge in [0.1, 0.15) is 19.0 Å². The lowest BCUT2D eigenvalue weighted by molar-refractivity contribution is -0.280. The normalized spacial score (nSPS) is 11.5. The van der Waals surface area contributed by atoms with Gasteiger partial charge in [-0.3, -0.25) is 19.5 Å². The molecule has 2 heterocycles. The molecule has 17 heteroatoms. The minimum atomic E-state index is -1.18. The quantitative estimate of drug-likeness (QED) is 0.0601. The monoisotopic (exact) mass is 952 g/mol. The highest BCUT2D eigenvalue weighted by atomic mass is 19.2. The number of halogens is 3. The Bertz CT molecular complexity index is 3190. The van der Waals surface area contributed by atoms with E-state index >= 15 is 13.2 Å². The number of carbonyl (C=O) groups is 2. The zero-order chi connectivity index (χ0) is 49.5. The van der Waals surface area contributed by atoms with E-state index in [1.54, 1.807) is 44.3 Å². The average molecular weight is 953 g/mol. The van der Waals surface area contributed by atoms with Gasteiger partial charge in [-0.2, -0.15) is 14.9 Å². The maximum absolute atomic E-state index is 15.6. The summed E-state index contributed by atoms with van der Waals surface area (Å²) in [6.07, 6.45) is 0. The number of ether oxygens (including phenoxy) is 1. The van der Waals surface area contributed by atoms with Crippen molar-refractivity contribution in [2.45, 2.75) is 40.2 Å². The first-order chi connectivity index (χ1) is 33.8. The van der Waals surface area contributed by atoms with Gasteiger partial charge in [0.05, 0.1) is 24.3 Å². The SMILES string of the molecule is COCc1cc(-c2nc(-c3ccc(CN(C)CC(=O)OOCc4cc(-c5nc(-c6ccc(CN(C)CC(=O)O)cc6F)no5)ccc4-c4ccccc4C)c(F)c3F)no2)ccc1-c1ccccc1C. The van der Waals surface area contributed by atoms with Gasteiger partial charge in [0.2, 0.25) is 11.6 Å². The Balaban J connectivity index is 0.910. The average Bonchev–Trinajstić information content (AvgIpc) is 4.03. The van der Waals surface area contributed by atoms with E-state index in [9.17, 15) is 9.59 Å². The van der Waals surface area contributed by atoms with Gasteiger partial charge in [0, 0.05) is 36.9 Å². The standard InChI is InChI=1S/C53H47F3N6O8/c1-31-10-6-8-12-39(31)41-19-15-34(23-37(41)29-66-5)53-58-51(60-69-53)44-21-17-36(48(55)49(44)56)26-62(4)28-47(65)70-67-30-38-24-35(16-20-42(38)40-13-9-7-11-32(40)2)52-57-50(59-68-52)43-18-14-33(22-45(43)54)25-61(3)27-46(63)64/h6-24H,25-30H2,1-5H3,(H,63,64). The molecule has 0 unspecified atom stereocenters. The molecule has 2 aromatic heterocycles. The van der Waals surface area contributed by atoms with Crippen molar-refractivity contribution in [1.29, 1.82) is 0 Å². The molecule has 14 nitrogen and oxygen atoms in total. The molecule has 0 fully saturated rings. The topological polar surface area (TPSA) is 166 Å². The van der Waals surface area contributed by atoms with Gasteiger partial charge in [-0.1, -0.05) is 83.1 Å².